The molecule has 2 aliphatic rings. The van der Waals surface area contributed by atoms with E-state index in [0.717, 1.165) is 5.56 Å². The summed E-state index contributed by atoms with van der Waals surface area (Å²) in [6.45, 7) is 3.21. The lowest BCUT2D eigenvalue weighted by atomic mass is 9.68. The number of halogens is 2. The monoisotopic (exact) mass is 672 g/mol. The van der Waals surface area contributed by atoms with Crippen LogP contribution in [0.2, 0.25) is 5.02 Å². The molecule has 10 nitrogen and oxygen atoms in total. The van der Waals surface area contributed by atoms with Crippen LogP contribution in [0.5, 0.6) is 0 Å². The molecule has 2 fully saturated rings. The van der Waals surface area contributed by atoms with Gasteiger partial charge in [0.15, 0.2) is 0 Å². The van der Waals surface area contributed by atoms with Crippen molar-refractivity contribution in [3.05, 3.63) is 94.8 Å². The molecule has 1 unspecified atom stereocenters. The second-order valence-electron chi connectivity index (χ2n) is 11.6. The number of sulfonamides is 1. The minimum Gasteiger partial charge on any atom is -0.453 e. The van der Waals surface area contributed by atoms with Gasteiger partial charge in [0.2, 0.25) is 15.9 Å². The molecular formula is C33H38ClFN4O6S. The summed E-state index contributed by atoms with van der Waals surface area (Å²) in [6.07, 6.45) is -0.00445. The van der Waals surface area contributed by atoms with E-state index in [-0.39, 0.29) is 29.1 Å². The number of ether oxygens (including phenoxy) is 2. The van der Waals surface area contributed by atoms with Gasteiger partial charge in [-0.25, -0.2) is 17.6 Å². The van der Waals surface area contributed by atoms with E-state index in [4.69, 9.17) is 21.1 Å². The lowest BCUT2D eigenvalue weighted by molar-refractivity contribution is -0.121. The van der Waals surface area contributed by atoms with Crippen LogP contribution >= 0.6 is 11.6 Å². The second-order valence-corrected chi connectivity index (χ2v) is 13.9. The van der Waals surface area contributed by atoms with Gasteiger partial charge < -0.3 is 25.4 Å². The third-order valence-corrected chi connectivity index (χ3v) is 11.1. The number of benzene rings is 3. The van der Waals surface area contributed by atoms with E-state index in [2.05, 4.69) is 16.0 Å². The fraction of sp³-hybridized carbons (Fsp3) is 0.394. The third-order valence-electron chi connectivity index (χ3n) is 8.82. The van der Waals surface area contributed by atoms with E-state index < -0.39 is 51.4 Å². The molecule has 0 radical (unpaired) electrons. The average molecular weight is 673 g/mol. The molecule has 0 bridgehead atoms. The van der Waals surface area contributed by atoms with Crippen molar-refractivity contribution < 1.29 is 31.9 Å². The quantitative estimate of drug-likeness (QED) is 0.306. The van der Waals surface area contributed by atoms with Crippen LogP contribution in [0.4, 0.5) is 14.9 Å². The van der Waals surface area contributed by atoms with Crippen molar-refractivity contribution in [2.24, 2.45) is 0 Å². The number of alkyl carbamates (subject to hydrolysis) is 1. The second kappa shape index (κ2) is 14.5. The highest BCUT2D eigenvalue weighted by Crippen LogP contribution is 2.40. The summed E-state index contributed by atoms with van der Waals surface area (Å²) in [5.41, 5.74) is 0.211. The summed E-state index contributed by atoms with van der Waals surface area (Å²) in [4.78, 5) is 27.0. The number of hydrogen-bond donors (Lipinski definition) is 3. The van der Waals surface area contributed by atoms with Crippen molar-refractivity contribution in [1.29, 1.82) is 0 Å². The minimum atomic E-state index is -3.91. The SMILES string of the molecule is COC(=O)N[C@H](C(=O)Nc1cccc(F)c1CC1CNC[C@@H](C)N1S(=O)(=O)c1ccccc1)C1(c2ccc(Cl)cc2)CCOCC1. The van der Waals surface area contributed by atoms with Crippen molar-refractivity contribution in [3.63, 3.8) is 0 Å². The van der Waals surface area contributed by atoms with Crippen LogP contribution in [0.25, 0.3) is 0 Å². The van der Waals surface area contributed by atoms with Gasteiger partial charge in [0.1, 0.15) is 11.9 Å². The standard InChI is InChI=1S/C33H38ClFN4O6S/c1-22-20-36-21-25(39(22)46(42,43)26-7-4-3-5-8-26)19-27-28(35)9-6-10-29(27)37-31(40)30(38-32(41)44-2)33(15-17-45-18-16-33)23-11-13-24(34)14-12-23/h3-14,22,25,30,36H,15-21H2,1-2H3,(H,37,40)(H,38,41)/t22-,25?,30-/m1/s1. The molecule has 2 saturated heterocycles. The van der Waals surface area contributed by atoms with Gasteiger partial charge in [0.05, 0.1) is 12.0 Å². The van der Waals surface area contributed by atoms with Crippen LogP contribution in [0.15, 0.2) is 77.7 Å². The molecule has 0 saturated carbocycles. The van der Waals surface area contributed by atoms with Crippen molar-refractivity contribution in [2.75, 3.05) is 38.7 Å². The molecule has 3 aromatic rings. The van der Waals surface area contributed by atoms with E-state index in [1.54, 1.807) is 43.3 Å². The number of rotatable bonds is 9. The highest BCUT2D eigenvalue weighted by Gasteiger charge is 2.47. The fourth-order valence-corrected chi connectivity index (χ4v) is 8.49. The van der Waals surface area contributed by atoms with Gasteiger partial charge in [0.25, 0.3) is 0 Å². The summed E-state index contributed by atoms with van der Waals surface area (Å²) in [7, 11) is -2.70. The van der Waals surface area contributed by atoms with Crippen molar-refractivity contribution in [2.45, 2.75) is 54.6 Å². The number of hydrogen-bond acceptors (Lipinski definition) is 7. The van der Waals surface area contributed by atoms with Crippen LogP contribution in [-0.4, -0.2) is 76.3 Å². The smallest absolute Gasteiger partial charge is 0.407 e. The third kappa shape index (κ3) is 7.06. The van der Waals surface area contributed by atoms with E-state index in [0.29, 0.717) is 37.6 Å². The Labute approximate surface area is 273 Å². The van der Waals surface area contributed by atoms with Crippen LogP contribution in [-0.2, 0) is 36.1 Å². The molecule has 2 aliphatic heterocycles. The number of anilines is 1. The number of nitrogens with zero attached hydrogens (tertiary/aromatic N) is 1. The Kier molecular flexibility index (Phi) is 10.6. The number of amides is 2. The van der Waals surface area contributed by atoms with Crippen LogP contribution in [0.1, 0.15) is 30.9 Å². The average Bonchev–Trinajstić information content (AvgIpc) is 3.06. The van der Waals surface area contributed by atoms with Crippen LogP contribution in [0, 0.1) is 5.82 Å². The predicted octanol–water partition coefficient (Wildman–Crippen LogP) is 4.48. The van der Waals surface area contributed by atoms with Gasteiger partial charge in [-0.3, -0.25) is 4.79 Å². The summed E-state index contributed by atoms with van der Waals surface area (Å²) >= 11 is 6.17. The number of methoxy groups -OCH3 is 1. The maximum absolute atomic E-state index is 15.6. The molecule has 13 heteroatoms. The number of piperazine rings is 1. The molecule has 0 aromatic heterocycles. The Bertz CT molecular complexity index is 1640. The lowest BCUT2D eigenvalue weighted by Crippen LogP contribution is -2.59. The zero-order chi connectivity index (χ0) is 32.9. The highest BCUT2D eigenvalue weighted by molar-refractivity contribution is 7.89. The number of carbonyl (C=O) groups excluding carboxylic acids is 2. The van der Waals surface area contributed by atoms with Crippen molar-refractivity contribution in [3.8, 4) is 0 Å². The summed E-state index contributed by atoms with van der Waals surface area (Å²) in [5.74, 6) is -1.18. The molecule has 3 aromatic carbocycles. The Balaban J connectivity index is 1.49. The first-order chi connectivity index (χ1) is 22.1. The van der Waals surface area contributed by atoms with Crippen LogP contribution < -0.4 is 16.0 Å². The summed E-state index contributed by atoms with van der Waals surface area (Å²) < 4.78 is 55.2. The first-order valence-electron chi connectivity index (χ1n) is 15.1. The molecule has 2 heterocycles. The molecule has 46 heavy (non-hydrogen) atoms. The normalized spacial score (nSPS) is 20.8. The number of carbonyl (C=O) groups is 2. The molecule has 0 aliphatic carbocycles. The molecule has 3 atom stereocenters. The van der Waals surface area contributed by atoms with Crippen molar-refractivity contribution in [1.82, 2.24) is 14.9 Å². The van der Waals surface area contributed by atoms with E-state index in [9.17, 15) is 18.0 Å². The van der Waals surface area contributed by atoms with Gasteiger partial charge >= 0.3 is 6.09 Å². The Morgan fingerprint density at radius 1 is 1.07 bits per heavy atom. The molecule has 5 rings (SSSR count). The van der Waals surface area contributed by atoms with Crippen LogP contribution in [0.3, 0.4) is 0 Å². The maximum Gasteiger partial charge on any atom is 0.407 e. The van der Waals surface area contributed by atoms with Gasteiger partial charge in [0, 0.05) is 60.1 Å². The molecule has 3 N–H and O–H groups in total. The first-order valence-corrected chi connectivity index (χ1v) is 16.9. The molecule has 0 spiro atoms. The predicted molar refractivity (Wildman–Crippen MR) is 173 cm³/mol. The van der Waals surface area contributed by atoms with Crippen molar-refractivity contribution >= 4 is 39.3 Å². The van der Waals surface area contributed by atoms with Gasteiger partial charge in [-0.15, -0.1) is 0 Å². The lowest BCUT2D eigenvalue weighted by Gasteiger charge is -2.43. The zero-order valence-corrected chi connectivity index (χ0v) is 27.2. The van der Waals surface area contributed by atoms with Gasteiger partial charge in [-0.2, -0.15) is 4.31 Å². The maximum atomic E-state index is 15.6. The molecular weight excluding hydrogens is 635 g/mol. The zero-order valence-electron chi connectivity index (χ0n) is 25.7. The highest BCUT2D eigenvalue weighted by atomic mass is 35.5. The largest absolute Gasteiger partial charge is 0.453 e. The van der Waals surface area contributed by atoms with E-state index in [1.807, 2.05) is 12.1 Å². The molecule has 2 amide bonds. The first kappa shape index (κ1) is 33.8. The van der Waals surface area contributed by atoms with Gasteiger partial charge in [-0.1, -0.05) is 48.0 Å². The Morgan fingerprint density at radius 3 is 2.43 bits per heavy atom. The summed E-state index contributed by atoms with van der Waals surface area (Å²) in [5, 5.41) is 9.37. The number of nitrogens with one attached hydrogen (secondary N) is 3. The topological polar surface area (TPSA) is 126 Å². The Morgan fingerprint density at radius 2 is 1.76 bits per heavy atom. The summed E-state index contributed by atoms with van der Waals surface area (Å²) in [6, 6.07) is 17.4. The fourth-order valence-electron chi connectivity index (χ4n) is 6.52. The van der Waals surface area contributed by atoms with E-state index >= 15 is 4.39 Å². The van der Waals surface area contributed by atoms with Gasteiger partial charge in [-0.05, 0) is 68.1 Å². The Hall–Kier alpha value is -3.55. The molecule has 246 valence electrons. The van der Waals surface area contributed by atoms with E-state index in [1.165, 1.54) is 35.7 Å². The minimum absolute atomic E-state index is 0.0169.